The minimum Gasteiger partial charge on any atom is -0.396 e. The van der Waals surface area contributed by atoms with Crippen molar-refractivity contribution >= 4 is 11.3 Å². The van der Waals surface area contributed by atoms with Crippen molar-refractivity contribution in [1.82, 2.24) is 9.88 Å². The summed E-state index contributed by atoms with van der Waals surface area (Å²) in [6.07, 6.45) is 3.26. The number of rotatable bonds is 5. The van der Waals surface area contributed by atoms with Gasteiger partial charge in [0.15, 0.2) is 0 Å². The van der Waals surface area contributed by atoms with Crippen molar-refractivity contribution in [2.24, 2.45) is 5.41 Å². The van der Waals surface area contributed by atoms with Gasteiger partial charge >= 0.3 is 0 Å². The van der Waals surface area contributed by atoms with Crippen molar-refractivity contribution in [1.29, 1.82) is 0 Å². The molecule has 1 fully saturated rings. The molecule has 0 spiro atoms. The maximum Gasteiger partial charge on any atom is 0.107 e. The molecule has 0 amide bonds. The molecule has 1 aromatic heterocycles. The van der Waals surface area contributed by atoms with Crippen molar-refractivity contribution in [2.45, 2.75) is 32.7 Å². The van der Waals surface area contributed by atoms with Crippen LogP contribution in [-0.4, -0.2) is 34.7 Å². The van der Waals surface area contributed by atoms with Gasteiger partial charge in [-0.3, -0.25) is 4.90 Å². The number of likely N-dealkylation sites (tertiary alicyclic amines) is 1. The molecule has 1 N–H and O–H groups in total. The molecule has 2 heterocycles. The number of thiazole rings is 1. The van der Waals surface area contributed by atoms with E-state index in [0.717, 1.165) is 44.6 Å². The number of nitrogens with zero attached hydrogens (tertiary/aromatic N) is 2. The van der Waals surface area contributed by atoms with Crippen LogP contribution < -0.4 is 0 Å². The molecular formula is C18H24N2OS. The Balaban J connectivity index is 1.60. The number of benzene rings is 1. The largest absolute Gasteiger partial charge is 0.396 e. The first kappa shape index (κ1) is 15.7. The Hall–Kier alpha value is -1.23. The summed E-state index contributed by atoms with van der Waals surface area (Å²) in [7, 11) is 0. The SMILES string of the molecule is CCC1(CO)CCN(Cc2nc(-c3ccccc3)cs2)CC1. The van der Waals surface area contributed by atoms with Gasteiger partial charge in [0.2, 0.25) is 0 Å². The van der Waals surface area contributed by atoms with Crippen molar-refractivity contribution in [3.8, 4) is 11.3 Å². The first-order valence-corrected chi connectivity index (χ1v) is 8.96. The predicted molar refractivity (Wildman–Crippen MR) is 91.9 cm³/mol. The molecule has 0 atom stereocenters. The van der Waals surface area contributed by atoms with E-state index in [4.69, 9.17) is 4.98 Å². The smallest absolute Gasteiger partial charge is 0.107 e. The lowest BCUT2D eigenvalue weighted by molar-refractivity contribution is 0.0382. The van der Waals surface area contributed by atoms with Gasteiger partial charge in [-0.1, -0.05) is 37.3 Å². The molecule has 1 aliphatic heterocycles. The topological polar surface area (TPSA) is 36.4 Å². The van der Waals surface area contributed by atoms with E-state index >= 15 is 0 Å². The summed E-state index contributed by atoms with van der Waals surface area (Å²) >= 11 is 1.75. The summed E-state index contributed by atoms with van der Waals surface area (Å²) < 4.78 is 0. The van der Waals surface area contributed by atoms with Crippen LogP contribution in [0.25, 0.3) is 11.3 Å². The maximum atomic E-state index is 9.62. The van der Waals surface area contributed by atoms with Gasteiger partial charge < -0.3 is 5.11 Å². The normalized spacial score (nSPS) is 18.5. The average molecular weight is 316 g/mol. The summed E-state index contributed by atoms with van der Waals surface area (Å²) in [6.45, 7) is 5.58. The third kappa shape index (κ3) is 3.40. The highest BCUT2D eigenvalue weighted by Crippen LogP contribution is 2.35. The van der Waals surface area contributed by atoms with E-state index in [2.05, 4.69) is 41.5 Å². The number of aliphatic hydroxyl groups excluding tert-OH is 1. The Morgan fingerprint density at radius 2 is 1.95 bits per heavy atom. The fraction of sp³-hybridized carbons (Fsp3) is 0.500. The minimum absolute atomic E-state index is 0.161. The molecule has 0 radical (unpaired) electrons. The van der Waals surface area contributed by atoms with Gasteiger partial charge in [0.1, 0.15) is 5.01 Å². The van der Waals surface area contributed by atoms with Crippen LogP contribution in [0, 0.1) is 5.41 Å². The molecule has 3 rings (SSSR count). The van der Waals surface area contributed by atoms with Gasteiger partial charge in [-0.05, 0) is 37.8 Å². The fourth-order valence-electron chi connectivity index (χ4n) is 3.13. The highest BCUT2D eigenvalue weighted by atomic mass is 32.1. The Kier molecular flexibility index (Phi) is 4.91. The molecule has 0 unspecified atom stereocenters. The average Bonchev–Trinajstić information content (AvgIpc) is 3.05. The Bertz CT molecular complexity index is 582. The summed E-state index contributed by atoms with van der Waals surface area (Å²) in [4.78, 5) is 7.25. The summed E-state index contributed by atoms with van der Waals surface area (Å²) in [5.74, 6) is 0. The van der Waals surface area contributed by atoms with Crippen LogP contribution >= 0.6 is 11.3 Å². The van der Waals surface area contributed by atoms with Gasteiger partial charge in [0.05, 0.1) is 12.2 Å². The molecule has 0 bridgehead atoms. The molecule has 2 aromatic rings. The van der Waals surface area contributed by atoms with Gasteiger partial charge in [0, 0.05) is 17.6 Å². The van der Waals surface area contributed by atoms with Crippen LogP contribution in [0.4, 0.5) is 0 Å². The summed E-state index contributed by atoms with van der Waals surface area (Å²) in [5.41, 5.74) is 2.43. The summed E-state index contributed by atoms with van der Waals surface area (Å²) in [5, 5.41) is 13.0. The van der Waals surface area contributed by atoms with E-state index in [1.807, 2.05) is 6.07 Å². The maximum absolute atomic E-state index is 9.62. The highest BCUT2D eigenvalue weighted by molar-refractivity contribution is 7.09. The zero-order valence-corrected chi connectivity index (χ0v) is 14.0. The summed E-state index contributed by atoms with van der Waals surface area (Å²) in [6, 6.07) is 10.4. The Morgan fingerprint density at radius 3 is 2.59 bits per heavy atom. The minimum atomic E-state index is 0.161. The molecule has 0 aliphatic carbocycles. The third-order valence-electron chi connectivity index (χ3n) is 4.98. The van der Waals surface area contributed by atoms with Gasteiger partial charge in [0.25, 0.3) is 0 Å². The molecule has 3 nitrogen and oxygen atoms in total. The molecule has 1 saturated heterocycles. The Labute approximate surface area is 136 Å². The van der Waals surface area contributed by atoms with Crippen LogP contribution in [0.5, 0.6) is 0 Å². The van der Waals surface area contributed by atoms with Crippen LogP contribution in [0.1, 0.15) is 31.2 Å². The molecule has 0 saturated carbocycles. The number of aromatic nitrogens is 1. The molecule has 22 heavy (non-hydrogen) atoms. The standard InChI is InChI=1S/C18H24N2OS/c1-2-18(14-21)8-10-20(11-9-18)12-17-19-16(13-22-17)15-6-4-3-5-7-15/h3-7,13,21H,2,8-12,14H2,1H3. The number of hydrogen-bond acceptors (Lipinski definition) is 4. The lowest BCUT2D eigenvalue weighted by Gasteiger charge is -2.39. The monoisotopic (exact) mass is 316 g/mol. The van der Waals surface area contributed by atoms with Crippen molar-refractivity contribution in [3.05, 3.63) is 40.7 Å². The molecular weight excluding hydrogens is 292 g/mol. The number of hydrogen-bond donors (Lipinski definition) is 1. The van der Waals surface area contributed by atoms with Crippen LogP contribution in [0.15, 0.2) is 35.7 Å². The second-order valence-electron chi connectivity index (χ2n) is 6.28. The third-order valence-corrected chi connectivity index (χ3v) is 5.82. The lowest BCUT2D eigenvalue weighted by Crippen LogP contribution is -2.41. The quantitative estimate of drug-likeness (QED) is 0.911. The van der Waals surface area contributed by atoms with E-state index in [-0.39, 0.29) is 5.41 Å². The zero-order chi connectivity index (χ0) is 15.4. The first-order valence-electron chi connectivity index (χ1n) is 8.08. The van der Waals surface area contributed by atoms with Gasteiger partial charge in [-0.15, -0.1) is 11.3 Å². The van der Waals surface area contributed by atoms with Crippen LogP contribution in [0.2, 0.25) is 0 Å². The van der Waals surface area contributed by atoms with Gasteiger partial charge in [-0.2, -0.15) is 0 Å². The van der Waals surface area contributed by atoms with E-state index in [0.29, 0.717) is 6.61 Å². The highest BCUT2D eigenvalue weighted by Gasteiger charge is 2.32. The van der Waals surface area contributed by atoms with E-state index in [1.165, 1.54) is 10.6 Å². The lowest BCUT2D eigenvalue weighted by atomic mass is 9.77. The second-order valence-corrected chi connectivity index (χ2v) is 7.22. The molecule has 1 aromatic carbocycles. The van der Waals surface area contributed by atoms with E-state index < -0.39 is 0 Å². The zero-order valence-electron chi connectivity index (χ0n) is 13.2. The molecule has 1 aliphatic rings. The van der Waals surface area contributed by atoms with E-state index in [9.17, 15) is 5.11 Å². The second kappa shape index (κ2) is 6.90. The van der Waals surface area contributed by atoms with Crippen LogP contribution in [0.3, 0.4) is 0 Å². The Morgan fingerprint density at radius 1 is 1.23 bits per heavy atom. The first-order chi connectivity index (χ1) is 10.7. The fourth-order valence-corrected chi connectivity index (χ4v) is 3.97. The van der Waals surface area contributed by atoms with Crippen molar-refractivity contribution < 1.29 is 5.11 Å². The van der Waals surface area contributed by atoms with Gasteiger partial charge in [-0.25, -0.2) is 4.98 Å². The van der Waals surface area contributed by atoms with Crippen molar-refractivity contribution in [2.75, 3.05) is 19.7 Å². The predicted octanol–water partition coefficient (Wildman–Crippen LogP) is 3.79. The number of aliphatic hydroxyl groups is 1. The van der Waals surface area contributed by atoms with Crippen LogP contribution in [-0.2, 0) is 6.54 Å². The van der Waals surface area contributed by atoms with Crippen molar-refractivity contribution in [3.63, 3.8) is 0 Å². The molecule has 4 heteroatoms. The van der Waals surface area contributed by atoms with E-state index in [1.54, 1.807) is 11.3 Å². The molecule has 118 valence electrons. The number of piperidine rings is 1.